The third-order valence-corrected chi connectivity index (χ3v) is 4.46. The van der Waals surface area contributed by atoms with Crippen LogP contribution in [-0.4, -0.2) is 19.1 Å². The highest BCUT2D eigenvalue weighted by atomic mass is 35.5. The van der Waals surface area contributed by atoms with Crippen LogP contribution in [0.15, 0.2) is 66.7 Å². The third kappa shape index (κ3) is 4.38. The molecule has 6 heteroatoms. The molecule has 4 rings (SSSR count). The highest BCUT2D eigenvalue weighted by Crippen LogP contribution is 2.32. The summed E-state index contributed by atoms with van der Waals surface area (Å²) in [6.45, 7) is 1.39. The first-order valence-corrected chi connectivity index (χ1v) is 9.23. The molecule has 28 heavy (non-hydrogen) atoms. The lowest BCUT2D eigenvalue weighted by molar-refractivity contribution is 0.102. The summed E-state index contributed by atoms with van der Waals surface area (Å²) in [4.78, 5) is 12.6. The highest BCUT2D eigenvalue weighted by molar-refractivity contribution is 6.30. The summed E-state index contributed by atoms with van der Waals surface area (Å²) < 4.78 is 16.8. The molecule has 1 aliphatic heterocycles. The van der Waals surface area contributed by atoms with Gasteiger partial charge in [0.25, 0.3) is 5.91 Å². The maximum absolute atomic E-state index is 12.6. The topological polar surface area (TPSA) is 56.8 Å². The van der Waals surface area contributed by atoms with Gasteiger partial charge in [-0.05, 0) is 54.1 Å². The van der Waals surface area contributed by atoms with Crippen molar-refractivity contribution in [3.8, 4) is 17.2 Å². The fraction of sp³-hybridized carbons (Fsp3) is 0.136. The molecule has 5 nitrogen and oxygen atoms in total. The molecule has 0 aliphatic carbocycles. The average molecular weight is 396 g/mol. The van der Waals surface area contributed by atoms with Crippen LogP contribution < -0.4 is 19.5 Å². The number of benzene rings is 3. The van der Waals surface area contributed by atoms with E-state index in [0.717, 1.165) is 11.3 Å². The van der Waals surface area contributed by atoms with Gasteiger partial charge in [0, 0.05) is 22.3 Å². The van der Waals surface area contributed by atoms with Crippen LogP contribution in [0.1, 0.15) is 15.9 Å². The normalized spacial score (nSPS) is 12.3. The molecule has 0 saturated heterocycles. The quantitative estimate of drug-likeness (QED) is 0.664. The molecule has 0 spiro atoms. The molecule has 3 aromatic rings. The van der Waals surface area contributed by atoms with Crippen LogP contribution in [0.2, 0.25) is 5.02 Å². The van der Waals surface area contributed by atoms with E-state index in [2.05, 4.69) is 5.32 Å². The van der Waals surface area contributed by atoms with Gasteiger partial charge < -0.3 is 19.5 Å². The van der Waals surface area contributed by atoms with Crippen LogP contribution in [0, 0.1) is 0 Å². The Balaban J connectivity index is 1.42. The maximum atomic E-state index is 12.6. The van der Waals surface area contributed by atoms with Crippen molar-refractivity contribution in [2.75, 3.05) is 18.5 Å². The minimum Gasteiger partial charge on any atom is -0.489 e. The monoisotopic (exact) mass is 395 g/mol. The molecule has 0 atom stereocenters. The summed E-state index contributed by atoms with van der Waals surface area (Å²) in [5.74, 6) is 1.83. The minimum atomic E-state index is -0.204. The SMILES string of the molecule is O=C(Nc1ccc2c(c1)OCCO2)c1cccc(COc2ccc(Cl)cc2)c1. The van der Waals surface area contributed by atoms with Crippen molar-refractivity contribution in [2.24, 2.45) is 0 Å². The Bertz CT molecular complexity index is 988. The summed E-state index contributed by atoms with van der Waals surface area (Å²) in [7, 11) is 0. The number of hydrogen-bond donors (Lipinski definition) is 1. The number of halogens is 1. The van der Waals surface area contributed by atoms with E-state index in [1.54, 1.807) is 48.5 Å². The predicted molar refractivity (Wildman–Crippen MR) is 108 cm³/mol. The van der Waals surface area contributed by atoms with Crippen LogP contribution in [0.4, 0.5) is 5.69 Å². The summed E-state index contributed by atoms with van der Waals surface area (Å²) in [5.41, 5.74) is 2.09. The molecule has 0 radical (unpaired) electrons. The van der Waals surface area contributed by atoms with Crippen molar-refractivity contribution in [1.82, 2.24) is 0 Å². The smallest absolute Gasteiger partial charge is 0.255 e. The molecule has 0 unspecified atom stereocenters. The first kappa shape index (κ1) is 18.2. The van der Waals surface area contributed by atoms with Gasteiger partial charge in [0.2, 0.25) is 0 Å². The maximum Gasteiger partial charge on any atom is 0.255 e. The number of hydrogen-bond acceptors (Lipinski definition) is 4. The highest BCUT2D eigenvalue weighted by Gasteiger charge is 2.13. The van der Waals surface area contributed by atoms with Gasteiger partial charge >= 0.3 is 0 Å². The standard InChI is InChI=1S/C22H18ClNO4/c23-17-4-7-19(8-5-17)28-14-15-2-1-3-16(12-15)22(25)24-18-6-9-20-21(13-18)27-11-10-26-20/h1-9,12-13H,10-11,14H2,(H,24,25). The lowest BCUT2D eigenvalue weighted by atomic mass is 10.1. The van der Waals surface area contributed by atoms with E-state index in [9.17, 15) is 4.79 Å². The molecule has 1 aliphatic rings. The van der Waals surface area contributed by atoms with Gasteiger partial charge in [-0.25, -0.2) is 0 Å². The number of fused-ring (bicyclic) bond motifs is 1. The van der Waals surface area contributed by atoms with Gasteiger partial charge in [-0.1, -0.05) is 23.7 Å². The van der Waals surface area contributed by atoms with E-state index in [1.165, 1.54) is 0 Å². The first-order valence-electron chi connectivity index (χ1n) is 8.86. The third-order valence-electron chi connectivity index (χ3n) is 4.21. The number of amides is 1. The lowest BCUT2D eigenvalue weighted by Gasteiger charge is -2.19. The van der Waals surface area contributed by atoms with Crippen molar-refractivity contribution in [3.05, 3.63) is 82.9 Å². The van der Waals surface area contributed by atoms with E-state index >= 15 is 0 Å². The van der Waals surface area contributed by atoms with Crippen molar-refractivity contribution in [3.63, 3.8) is 0 Å². The van der Waals surface area contributed by atoms with E-state index in [4.69, 9.17) is 25.8 Å². The largest absolute Gasteiger partial charge is 0.489 e. The van der Waals surface area contributed by atoms with E-state index in [-0.39, 0.29) is 5.91 Å². The number of carbonyl (C=O) groups excluding carboxylic acids is 1. The zero-order chi connectivity index (χ0) is 19.3. The molecule has 3 aromatic carbocycles. The summed E-state index contributed by atoms with van der Waals surface area (Å²) in [6, 6.07) is 19.8. The molecular formula is C22H18ClNO4. The van der Waals surface area contributed by atoms with Crippen molar-refractivity contribution in [2.45, 2.75) is 6.61 Å². The van der Waals surface area contributed by atoms with Crippen molar-refractivity contribution >= 4 is 23.2 Å². The Morgan fingerprint density at radius 3 is 2.57 bits per heavy atom. The van der Waals surface area contributed by atoms with Crippen LogP contribution in [0.3, 0.4) is 0 Å². The Hall–Kier alpha value is -3.18. The second-order valence-corrected chi connectivity index (χ2v) is 6.69. The molecule has 0 bridgehead atoms. The van der Waals surface area contributed by atoms with Gasteiger partial charge in [-0.2, -0.15) is 0 Å². The molecule has 1 N–H and O–H groups in total. The fourth-order valence-electron chi connectivity index (χ4n) is 2.82. The summed E-state index contributed by atoms with van der Waals surface area (Å²) in [5, 5.41) is 3.54. The summed E-state index contributed by atoms with van der Waals surface area (Å²) in [6.07, 6.45) is 0. The number of carbonyl (C=O) groups is 1. The molecule has 1 heterocycles. The van der Waals surface area contributed by atoms with Crippen LogP contribution in [0.25, 0.3) is 0 Å². The second-order valence-electron chi connectivity index (χ2n) is 6.26. The molecule has 1 amide bonds. The van der Waals surface area contributed by atoms with E-state index in [1.807, 2.05) is 18.2 Å². The Kier molecular flexibility index (Phi) is 5.35. The van der Waals surface area contributed by atoms with Crippen LogP contribution >= 0.6 is 11.6 Å². The van der Waals surface area contributed by atoms with Crippen LogP contribution in [0.5, 0.6) is 17.2 Å². The Labute approximate surface area is 167 Å². The molecular weight excluding hydrogens is 378 g/mol. The van der Waals surface area contributed by atoms with E-state index < -0.39 is 0 Å². The lowest BCUT2D eigenvalue weighted by Crippen LogP contribution is -2.16. The van der Waals surface area contributed by atoms with Gasteiger partial charge in [0.15, 0.2) is 11.5 Å². The number of nitrogens with one attached hydrogen (secondary N) is 1. The van der Waals surface area contributed by atoms with Crippen molar-refractivity contribution < 1.29 is 19.0 Å². The number of anilines is 1. The van der Waals surface area contributed by atoms with Crippen molar-refractivity contribution in [1.29, 1.82) is 0 Å². The second kappa shape index (κ2) is 8.23. The van der Waals surface area contributed by atoms with Gasteiger partial charge in [0.05, 0.1) is 0 Å². The molecule has 0 aromatic heterocycles. The van der Waals surface area contributed by atoms with Crippen LogP contribution in [-0.2, 0) is 6.61 Å². The Morgan fingerprint density at radius 2 is 1.75 bits per heavy atom. The number of rotatable bonds is 5. The zero-order valence-corrected chi connectivity index (χ0v) is 15.7. The minimum absolute atomic E-state index is 0.204. The number of ether oxygens (including phenoxy) is 3. The van der Waals surface area contributed by atoms with E-state index in [0.29, 0.717) is 47.6 Å². The Morgan fingerprint density at radius 1 is 0.964 bits per heavy atom. The average Bonchev–Trinajstić information content (AvgIpc) is 2.73. The summed E-state index contributed by atoms with van der Waals surface area (Å²) >= 11 is 5.88. The molecule has 0 saturated carbocycles. The first-order chi connectivity index (χ1) is 13.7. The van der Waals surface area contributed by atoms with Gasteiger partial charge in [0.1, 0.15) is 25.6 Å². The molecule has 0 fully saturated rings. The predicted octanol–water partition coefficient (Wildman–Crippen LogP) is 4.94. The van der Waals surface area contributed by atoms with Gasteiger partial charge in [-0.3, -0.25) is 4.79 Å². The zero-order valence-electron chi connectivity index (χ0n) is 15.0. The fourth-order valence-corrected chi connectivity index (χ4v) is 2.95. The van der Waals surface area contributed by atoms with Gasteiger partial charge in [-0.15, -0.1) is 0 Å². The molecule has 142 valence electrons.